The van der Waals surface area contributed by atoms with E-state index in [4.69, 9.17) is 16.3 Å². The van der Waals surface area contributed by atoms with E-state index in [0.29, 0.717) is 28.6 Å². The van der Waals surface area contributed by atoms with E-state index < -0.39 is 11.8 Å². The Hall–Kier alpha value is -3.39. The number of ether oxygens (including phenoxy) is 1. The topological polar surface area (TPSA) is 109 Å². The molecule has 0 atom stereocenters. The number of carbonyl (C=O) groups excluding carboxylic acids is 3. The van der Waals surface area contributed by atoms with Crippen molar-refractivity contribution >= 4 is 41.2 Å². The van der Waals surface area contributed by atoms with Crippen molar-refractivity contribution in [3.8, 4) is 5.75 Å². The lowest BCUT2D eigenvalue weighted by Crippen LogP contribution is -2.38. The van der Waals surface area contributed by atoms with Gasteiger partial charge in [0.1, 0.15) is 5.75 Å². The molecular formula is C21H23ClN4O4. The fourth-order valence-corrected chi connectivity index (χ4v) is 2.44. The summed E-state index contributed by atoms with van der Waals surface area (Å²) in [6.07, 6.45) is 2.13. The molecule has 0 saturated heterocycles. The summed E-state index contributed by atoms with van der Waals surface area (Å²) in [5.41, 5.74) is 4.24. The quantitative estimate of drug-likeness (QED) is 0.340. The molecule has 2 aromatic carbocycles. The van der Waals surface area contributed by atoms with Crippen molar-refractivity contribution in [2.75, 3.05) is 18.5 Å². The first-order chi connectivity index (χ1) is 14.4. The van der Waals surface area contributed by atoms with Gasteiger partial charge in [-0.3, -0.25) is 14.4 Å². The summed E-state index contributed by atoms with van der Waals surface area (Å²) in [7, 11) is 0. The average molecular weight is 431 g/mol. The molecule has 0 bridgehead atoms. The molecule has 158 valence electrons. The van der Waals surface area contributed by atoms with Gasteiger partial charge in [-0.1, -0.05) is 24.6 Å². The summed E-state index contributed by atoms with van der Waals surface area (Å²) in [5.74, 6) is -1.38. The smallest absolute Gasteiger partial charge is 0.329 e. The van der Waals surface area contributed by atoms with Crippen LogP contribution in [0.4, 0.5) is 5.69 Å². The maximum Gasteiger partial charge on any atom is 0.329 e. The fourth-order valence-electron chi connectivity index (χ4n) is 2.26. The third kappa shape index (κ3) is 7.21. The number of carbonyl (C=O) groups is 3. The molecule has 2 aromatic rings. The minimum Gasteiger partial charge on any atom is -0.484 e. The first-order valence-electron chi connectivity index (χ1n) is 9.29. The molecule has 0 heterocycles. The van der Waals surface area contributed by atoms with Gasteiger partial charge in [0, 0.05) is 17.3 Å². The maximum absolute atomic E-state index is 12.1. The summed E-state index contributed by atoms with van der Waals surface area (Å²) in [6, 6.07) is 12.0. The van der Waals surface area contributed by atoms with Crippen LogP contribution in [0.25, 0.3) is 0 Å². The van der Waals surface area contributed by atoms with E-state index in [9.17, 15) is 14.4 Å². The summed E-state index contributed by atoms with van der Waals surface area (Å²) >= 11 is 6.04. The molecule has 0 aliphatic heterocycles. The number of anilines is 1. The van der Waals surface area contributed by atoms with Crippen LogP contribution in [-0.4, -0.2) is 37.1 Å². The van der Waals surface area contributed by atoms with Crippen LogP contribution in [0.3, 0.4) is 0 Å². The number of nitrogens with one attached hydrogen (secondary N) is 3. The molecule has 2 rings (SSSR count). The van der Waals surface area contributed by atoms with Crippen LogP contribution in [0.15, 0.2) is 47.6 Å². The number of hydrogen-bond donors (Lipinski definition) is 3. The van der Waals surface area contributed by atoms with Crippen molar-refractivity contribution in [2.24, 2.45) is 5.10 Å². The largest absolute Gasteiger partial charge is 0.484 e. The van der Waals surface area contributed by atoms with Gasteiger partial charge in [0.15, 0.2) is 6.61 Å². The molecular weight excluding hydrogens is 408 g/mol. The van der Waals surface area contributed by atoms with Crippen LogP contribution < -0.4 is 20.8 Å². The van der Waals surface area contributed by atoms with Crippen molar-refractivity contribution in [1.82, 2.24) is 10.7 Å². The molecule has 0 fully saturated rings. The highest BCUT2D eigenvalue weighted by Crippen LogP contribution is 2.22. The standard InChI is InChI=1S/C21H23ClN4O4/c1-3-11-23-20(28)21(29)26-24-12-15-7-9-16(10-8-15)30-13-19(27)25-18-6-4-5-17(22)14(18)2/h4-10,12H,3,11,13H2,1-2H3,(H,23,28)(H,25,27)(H,26,29)/b24-12-. The first kappa shape index (κ1) is 22.9. The van der Waals surface area contributed by atoms with Crippen LogP contribution in [-0.2, 0) is 14.4 Å². The molecule has 0 spiro atoms. The molecule has 9 heteroatoms. The number of rotatable bonds is 8. The van der Waals surface area contributed by atoms with E-state index in [1.165, 1.54) is 6.21 Å². The molecule has 0 radical (unpaired) electrons. The maximum atomic E-state index is 12.1. The molecule has 30 heavy (non-hydrogen) atoms. The van der Waals surface area contributed by atoms with Gasteiger partial charge in [-0.05, 0) is 60.9 Å². The molecule has 3 N–H and O–H groups in total. The molecule has 0 aliphatic rings. The number of benzene rings is 2. The van der Waals surface area contributed by atoms with Crippen LogP contribution in [0.1, 0.15) is 24.5 Å². The van der Waals surface area contributed by atoms with Gasteiger partial charge < -0.3 is 15.4 Å². The Morgan fingerprint density at radius 2 is 1.83 bits per heavy atom. The SMILES string of the molecule is CCCNC(=O)C(=O)N/N=C\c1ccc(OCC(=O)Nc2cccc(Cl)c2C)cc1. The predicted molar refractivity (Wildman–Crippen MR) is 116 cm³/mol. The monoisotopic (exact) mass is 430 g/mol. The Bertz CT molecular complexity index is 929. The van der Waals surface area contributed by atoms with E-state index in [1.807, 2.05) is 13.8 Å². The lowest BCUT2D eigenvalue weighted by atomic mass is 10.2. The van der Waals surface area contributed by atoms with Crippen LogP contribution in [0.5, 0.6) is 5.75 Å². The van der Waals surface area contributed by atoms with E-state index in [-0.39, 0.29) is 12.5 Å². The Balaban J connectivity index is 1.80. The van der Waals surface area contributed by atoms with Gasteiger partial charge >= 0.3 is 11.8 Å². The minimum absolute atomic E-state index is 0.164. The fraction of sp³-hybridized carbons (Fsp3) is 0.238. The number of hydrazone groups is 1. The summed E-state index contributed by atoms with van der Waals surface area (Å²) in [6.45, 7) is 3.96. The Labute approximate surface area is 179 Å². The van der Waals surface area contributed by atoms with Crippen molar-refractivity contribution in [2.45, 2.75) is 20.3 Å². The molecule has 0 unspecified atom stereocenters. The Morgan fingerprint density at radius 1 is 1.10 bits per heavy atom. The molecule has 0 aliphatic carbocycles. The number of nitrogens with zero attached hydrogens (tertiary/aromatic N) is 1. The third-order valence-electron chi connectivity index (χ3n) is 3.91. The van der Waals surface area contributed by atoms with Crippen molar-refractivity contribution in [1.29, 1.82) is 0 Å². The highest BCUT2D eigenvalue weighted by atomic mass is 35.5. The first-order valence-corrected chi connectivity index (χ1v) is 9.67. The predicted octanol–water partition coefficient (Wildman–Crippen LogP) is 2.64. The molecule has 0 saturated carbocycles. The van der Waals surface area contributed by atoms with Crippen LogP contribution >= 0.6 is 11.6 Å². The van der Waals surface area contributed by atoms with Crippen LogP contribution in [0, 0.1) is 6.92 Å². The van der Waals surface area contributed by atoms with Crippen molar-refractivity contribution < 1.29 is 19.1 Å². The highest BCUT2D eigenvalue weighted by Gasteiger charge is 2.11. The number of halogens is 1. The number of amides is 3. The summed E-state index contributed by atoms with van der Waals surface area (Å²) < 4.78 is 5.46. The van der Waals surface area contributed by atoms with Gasteiger partial charge in [0.25, 0.3) is 5.91 Å². The summed E-state index contributed by atoms with van der Waals surface area (Å²) in [4.78, 5) is 35.0. The molecule has 3 amide bonds. The van der Waals surface area contributed by atoms with Crippen molar-refractivity contribution in [3.63, 3.8) is 0 Å². The van der Waals surface area contributed by atoms with E-state index >= 15 is 0 Å². The summed E-state index contributed by atoms with van der Waals surface area (Å²) in [5, 5.41) is 9.51. The van der Waals surface area contributed by atoms with Gasteiger partial charge in [0.05, 0.1) is 6.21 Å². The average Bonchev–Trinajstić information content (AvgIpc) is 2.74. The van der Waals surface area contributed by atoms with Gasteiger partial charge in [-0.15, -0.1) is 0 Å². The second kappa shape index (κ2) is 11.6. The van der Waals surface area contributed by atoms with Crippen LogP contribution in [0.2, 0.25) is 5.02 Å². The van der Waals surface area contributed by atoms with Gasteiger partial charge in [-0.25, -0.2) is 5.43 Å². The zero-order chi connectivity index (χ0) is 21.9. The second-order valence-corrected chi connectivity index (χ2v) is 6.68. The third-order valence-corrected chi connectivity index (χ3v) is 4.32. The van der Waals surface area contributed by atoms with E-state index in [1.54, 1.807) is 42.5 Å². The Morgan fingerprint density at radius 3 is 2.53 bits per heavy atom. The van der Waals surface area contributed by atoms with E-state index in [2.05, 4.69) is 21.2 Å². The zero-order valence-electron chi connectivity index (χ0n) is 16.7. The highest BCUT2D eigenvalue weighted by molar-refractivity contribution is 6.35. The van der Waals surface area contributed by atoms with Gasteiger partial charge in [-0.2, -0.15) is 5.10 Å². The molecule has 0 aromatic heterocycles. The van der Waals surface area contributed by atoms with Crippen molar-refractivity contribution in [3.05, 3.63) is 58.6 Å². The minimum atomic E-state index is -0.833. The Kier molecular flexibility index (Phi) is 8.83. The lowest BCUT2D eigenvalue weighted by Gasteiger charge is -2.10. The molecule has 8 nitrogen and oxygen atoms in total. The van der Waals surface area contributed by atoms with E-state index in [0.717, 1.165) is 12.0 Å². The second-order valence-electron chi connectivity index (χ2n) is 6.27. The zero-order valence-corrected chi connectivity index (χ0v) is 17.5. The number of hydrogen-bond acceptors (Lipinski definition) is 5. The lowest BCUT2D eigenvalue weighted by molar-refractivity contribution is -0.139. The normalized spacial score (nSPS) is 10.5. The van der Waals surface area contributed by atoms with Gasteiger partial charge in [0.2, 0.25) is 0 Å².